The second-order valence-electron chi connectivity index (χ2n) is 7.85. The van der Waals surface area contributed by atoms with Crippen molar-refractivity contribution in [2.45, 2.75) is 32.7 Å². The summed E-state index contributed by atoms with van der Waals surface area (Å²) in [5, 5.41) is 14.8. The number of carbonyl (C=O) groups is 1. The SMILES string of the molecule is CC(C)Nc1c(C(=O)NCC2CCS(=O)CC2)cnc2ccc(/C(C=N)=C/N)cc12. The van der Waals surface area contributed by atoms with E-state index in [9.17, 15) is 9.00 Å². The zero-order valence-corrected chi connectivity index (χ0v) is 18.2. The van der Waals surface area contributed by atoms with Crippen LogP contribution in [0.4, 0.5) is 5.69 Å². The van der Waals surface area contributed by atoms with Crippen LogP contribution in [0.25, 0.3) is 16.5 Å². The molecule has 5 N–H and O–H groups in total. The molecule has 0 atom stereocenters. The molecular formula is C22H29N5O2S. The highest BCUT2D eigenvalue weighted by Crippen LogP contribution is 2.29. The predicted molar refractivity (Wildman–Crippen MR) is 124 cm³/mol. The summed E-state index contributed by atoms with van der Waals surface area (Å²) < 4.78 is 11.5. The van der Waals surface area contributed by atoms with Gasteiger partial charge in [-0.15, -0.1) is 0 Å². The molecule has 8 heteroatoms. The summed E-state index contributed by atoms with van der Waals surface area (Å²) in [4.78, 5) is 17.5. The third kappa shape index (κ3) is 5.05. The van der Waals surface area contributed by atoms with Gasteiger partial charge in [0.15, 0.2) is 0 Å². The van der Waals surface area contributed by atoms with Gasteiger partial charge in [0, 0.05) is 64.5 Å². The van der Waals surface area contributed by atoms with Crippen LogP contribution in [0.5, 0.6) is 0 Å². The van der Waals surface area contributed by atoms with Crippen LogP contribution in [-0.2, 0) is 10.8 Å². The van der Waals surface area contributed by atoms with Gasteiger partial charge in [-0.05, 0) is 50.3 Å². The van der Waals surface area contributed by atoms with Crippen LogP contribution < -0.4 is 16.4 Å². The van der Waals surface area contributed by atoms with Crippen LogP contribution in [0.3, 0.4) is 0 Å². The van der Waals surface area contributed by atoms with E-state index in [1.807, 2.05) is 32.0 Å². The number of aromatic nitrogens is 1. The molecule has 0 unspecified atom stereocenters. The van der Waals surface area contributed by atoms with Crippen molar-refractivity contribution in [3.63, 3.8) is 0 Å². The van der Waals surface area contributed by atoms with Gasteiger partial charge in [0.1, 0.15) is 0 Å². The number of hydrogen-bond donors (Lipinski definition) is 4. The van der Waals surface area contributed by atoms with Crippen molar-refractivity contribution >= 4 is 45.1 Å². The Kier molecular flexibility index (Phi) is 7.20. The first-order valence-electron chi connectivity index (χ1n) is 10.2. The highest BCUT2D eigenvalue weighted by atomic mass is 32.2. The van der Waals surface area contributed by atoms with Crippen molar-refractivity contribution in [1.29, 1.82) is 5.41 Å². The minimum atomic E-state index is -0.707. The number of amides is 1. The lowest BCUT2D eigenvalue weighted by molar-refractivity contribution is 0.0947. The number of allylic oxidation sites excluding steroid dienone is 1. The lowest BCUT2D eigenvalue weighted by atomic mass is 10.0. The van der Waals surface area contributed by atoms with E-state index in [1.54, 1.807) is 6.20 Å². The highest BCUT2D eigenvalue weighted by molar-refractivity contribution is 7.85. The fourth-order valence-electron chi connectivity index (χ4n) is 3.60. The molecule has 0 spiro atoms. The van der Waals surface area contributed by atoms with E-state index in [0.29, 0.717) is 35.1 Å². The Morgan fingerprint density at radius 2 is 2.10 bits per heavy atom. The molecule has 1 aliphatic rings. The van der Waals surface area contributed by atoms with Crippen molar-refractivity contribution in [1.82, 2.24) is 10.3 Å². The topological polar surface area (TPSA) is 121 Å². The van der Waals surface area contributed by atoms with Crippen molar-refractivity contribution in [3.8, 4) is 0 Å². The van der Waals surface area contributed by atoms with Crippen LogP contribution >= 0.6 is 0 Å². The van der Waals surface area contributed by atoms with Crippen LogP contribution in [0.1, 0.15) is 42.6 Å². The molecular weight excluding hydrogens is 398 g/mol. The van der Waals surface area contributed by atoms with Crippen LogP contribution in [0.2, 0.25) is 0 Å². The molecule has 1 amide bonds. The standard InChI is InChI=1S/C22H29N5O2S/c1-14(2)27-21-18-9-16(17(10-23)11-24)3-4-20(18)25-13-19(21)22(28)26-12-15-5-7-30(29)8-6-15/h3-4,9-11,13-15,23H,5-8,12,24H2,1-2H3,(H,25,27)(H,26,28)/b17-11+,23-10?. The highest BCUT2D eigenvalue weighted by Gasteiger charge is 2.21. The number of nitrogens with one attached hydrogen (secondary N) is 3. The average molecular weight is 428 g/mol. The molecule has 1 aromatic carbocycles. The molecule has 0 radical (unpaired) electrons. The lowest BCUT2D eigenvalue weighted by Gasteiger charge is -2.22. The summed E-state index contributed by atoms with van der Waals surface area (Å²) in [6.45, 7) is 4.61. The minimum absolute atomic E-state index is 0.117. The first-order valence-corrected chi connectivity index (χ1v) is 11.7. The van der Waals surface area contributed by atoms with Crippen molar-refractivity contribution in [3.05, 3.63) is 41.7 Å². The first kappa shape index (κ1) is 22.0. The Morgan fingerprint density at radius 1 is 1.37 bits per heavy atom. The lowest BCUT2D eigenvalue weighted by Crippen LogP contribution is -2.33. The molecule has 0 saturated carbocycles. The van der Waals surface area contributed by atoms with Gasteiger partial charge in [-0.25, -0.2) is 0 Å². The number of rotatable bonds is 7. The summed E-state index contributed by atoms with van der Waals surface area (Å²) in [5.74, 6) is 1.61. The normalized spacial score (nSPS) is 19.6. The summed E-state index contributed by atoms with van der Waals surface area (Å²) in [6.07, 6.45) is 5.96. The van der Waals surface area contributed by atoms with Gasteiger partial charge in [-0.1, -0.05) is 6.07 Å². The van der Waals surface area contributed by atoms with E-state index >= 15 is 0 Å². The summed E-state index contributed by atoms with van der Waals surface area (Å²) >= 11 is 0. The maximum absolute atomic E-state index is 13.0. The Labute approximate surface area is 179 Å². The van der Waals surface area contributed by atoms with Gasteiger partial charge in [-0.3, -0.25) is 14.0 Å². The van der Waals surface area contributed by atoms with E-state index in [-0.39, 0.29) is 11.9 Å². The second-order valence-corrected chi connectivity index (χ2v) is 9.54. The molecule has 3 rings (SSSR count). The van der Waals surface area contributed by atoms with E-state index in [1.165, 1.54) is 12.4 Å². The minimum Gasteiger partial charge on any atom is -0.404 e. The smallest absolute Gasteiger partial charge is 0.254 e. The quantitative estimate of drug-likeness (QED) is 0.506. The van der Waals surface area contributed by atoms with Crippen molar-refractivity contribution in [2.24, 2.45) is 11.7 Å². The third-order valence-corrected chi connectivity index (χ3v) is 6.65. The van der Waals surface area contributed by atoms with Crippen LogP contribution in [-0.4, -0.2) is 45.4 Å². The average Bonchev–Trinajstić information content (AvgIpc) is 2.74. The Bertz CT molecular complexity index is 992. The number of carbonyl (C=O) groups excluding carboxylic acids is 1. The molecule has 1 saturated heterocycles. The van der Waals surface area contributed by atoms with Gasteiger partial charge in [0.2, 0.25) is 0 Å². The van der Waals surface area contributed by atoms with E-state index in [2.05, 4.69) is 15.6 Å². The number of fused-ring (bicyclic) bond motifs is 1. The summed E-state index contributed by atoms with van der Waals surface area (Å²) in [5.41, 5.74) is 9.00. The number of benzene rings is 1. The first-order chi connectivity index (χ1) is 14.4. The summed E-state index contributed by atoms with van der Waals surface area (Å²) in [7, 11) is -0.707. The van der Waals surface area contributed by atoms with Gasteiger partial charge in [-0.2, -0.15) is 0 Å². The van der Waals surface area contributed by atoms with Gasteiger partial charge >= 0.3 is 0 Å². The number of hydrogen-bond acceptors (Lipinski definition) is 6. The largest absolute Gasteiger partial charge is 0.404 e. The van der Waals surface area contributed by atoms with Gasteiger partial charge in [0.25, 0.3) is 5.91 Å². The zero-order valence-electron chi connectivity index (χ0n) is 17.4. The molecule has 30 heavy (non-hydrogen) atoms. The van der Waals surface area contributed by atoms with E-state index in [4.69, 9.17) is 11.1 Å². The fourth-order valence-corrected chi connectivity index (χ4v) is 4.99. The molecule has 0 bridgehead atoms. The molecule has 1 fully saturated rings. The van der Waals surface area contributed by atoms with Crippen molar-refractivity contribution in [2.75, 3.05) is 23.4 Å². The van der Waals surface area contributed by atoms with Crippen LogP contribution in [0.15, 0.2) is 30.6 Å². The molecule has 1 aliphatic heterocycles. The van der Waals surface area contributed by atoms with Crippen LogP contribution in [0, 0.1) is 11.3 Å². The number of nitrogens with two attached hydrogens (primary N) is 1. The molecule has 0 aliphatic carbocycles. The van der Waals surface area contributed by atoms with E-state index in [0.717, 1.165) is 35.0 Å². The molecule has 160 valence electrons. The Hall–Kier alpha value is -2.74. The number of nitrogens with zero attached hydrogens (tertiary/aromatic N) is 1. The van der Waals surface area contributed by atoms with Crippen molar-refractivity contribution < 1.29 is 9.00 Å². The van der Waals surface area contributed by atoms with Gasteiger partial charge in [0.05, 0.1) is 16.8 Å². The number of pyridine rings is 1. The zero-order chi connectivity index (χ0) is 21.7. The maximum atomic E-state index is 13.0. The molecule has 1 aromatic heterocycles. The number of anilines is 1. The summed E-state index contributed by atoms with van der Waals surface area (Å²) in [6, 6.07) is 5.76. The molecule has 2 aromatic rings. The van der Waals surface area contributed by atoms with Gasteiger partial charge < -0.3 is 21.8 Å². The molecule has 7 nitrogen and oxygen atoms in total. The third-order valence-electron chi connectivity index (χ3n) is 5.27. The second kappa shape index (κ2) is 9.84. The fraction of sp³-hybridized carbons (Fsp3) is 0.409. The maximum Gasteiger partial charge on any atom is 0.254 e. The Morgan fingerprint density at radius 3 is 2.73 bits per heavy atom. The monoisotopic (exact) mass is 427 g/mol. The molecule has 2 heterocycles. The predicted octanol–water partition coefficient (Wildman–Crippen LogP) is 2.89. The Balaban J connectivity index is 1.93. The van der Waals surface area contributed by atoms with E-state index < -0.39 is 10.8 Å².